The first-order valence-electron chi connectivity index (χ1n) is 11.2. The molecule has 30 heavy (non-hydrogen) atoms. The molecular formula is C26H33N3O. The van der Waals surface area contributed by atoms with E-state index in [1.807, 2.05) is 42.5 Å². The summed E-state index contributed by atoms with van der Waals surface area (Å²) in [7, 11) is 0. The molecule has 1 saturated carbocycles. The zero-order valence-corrected chi connectivity index (χ0v) is 18.3. The second-order valence-corrected chi connectivity index (χ2v) is 9.80. The molecule has 1 aliphatic carbocycles. The number of H-pyrrole nitrogens is 1. The van der Waals surface area contributed by atoms with Crippen molar-refractivity contribution in [1.82, 2.24) is 15.3 Å². The SMILES string of the molecule is CC(C)(C)C1CCC(C(=O)N[C@@H](Cc2ccccc2)c2nc3ccccc3[nH]2)CC1. The number of nitrogens with one attached hydrogen (secondary N) is 2. The van der Waals surface area contributed by atoms with Gasteiger partial charge in [0.1, 0.15) is 5.82 Å². The summed E-state index contributed by atoms with van der Waals surface area (Å²) in [6, 6.07) is 18.2. The Morgan fingerprint density at radius 3 is 2.37 bits per heavy atom. The molecule has 0 aliphatic heterocycles. The van der Waals surface area contributed by atoms with E-state index in [1.165, 1.54) is 5.56 Å². The number of hydrogen-bond donors (Lipinski definition) is 2. The molecule has 0 bridgehead atoms. The second kappa shape index (κ2) is 8.63. The maximum absolute atomic E-state index is 13.2. The Morgan fingerprint density at radius 1 is 1.03 bits per heavy atom. The lowest BCUT2D eigenvalue weighted by molar-refractivity contribution is -0.127. The molecule has 0 spiro atoms. The van der Waals surface area contributed by atoms with Crippen LogP contribution in [0.15, 0.2) is 54.6 Å². The van der Waals surface area contributed by atoms with Crippen molar-refractivity contribution >= 4 is 16.9 Å². The molecule has 4 rings (SSSR count). The maximum Gasteiger partial charge on any atom is 0.223 e. The van der Waals surface area contributed by atoms with E-state index in [0.717, 1.165) is 49.0 Å². The molecule has 1 heterocycles. The highest BCUT2D eigenvalue weighted by Crippen LogP contribution is 2.40. The number of benzene rings is 2. The molecule has 3 aromatic rings. The molecule has 4 nitrogen and oxygen atoms in total. The fourth-order valence-electron chi connectivity index (χ4n) is 4.71. The van der Waals surface area contributed by atoms with Crippen molar-refractivity contribution < 1.29 is 4.79 Å². The van der Waals surface area contributed by atoms with E-state index < -0.39 is 0 Å². The minimum atomic E-state index is -0.160. The zero-order chi connectivity index (χ0) is 21.1. The zero-order valence-electron chi connectivity index (χ0n) is 18.3. The van der Waals surface area contributed by atoms with Crippen molar-refractivity contribution in [2.75, 3.05) is 0 Å². The monoisotopic (exact) mass is 403 g/mol. The van der Waals surface area contributed by atoms with Gasteiger partial charge >= 0.3 is 0 Å². The first-order valence-corrected chi connectivity index (χ1v) is 11.2. The Kier molecular flexibility index (Phi) is 5.94. The second-order valence-electron chi connectivity index (χ2n) is 9.80. The molecule has 1 fully saturated rings. The molecule has 2 N–H and O–H groups in total. The van der Waals surface area contributed by atoms with Crippen LogP contribution >= 0.6 is 0 Å². The molecule has 2 aromatic carbocycles. The summed E-state index contributed by atoms with van der Waals surface area (Å²) in [5, 5.41) is 3.33. The number of amides is 1. The van der Waals surface area contributed by atoms with Crippen molar-refractivity contribution in [3.05, 3.63) is 66.0 Å². The van der Waals surface area contributed by atoms with Gasteiger partial charge in [-0.15, -0.1) is 0 Å². The molecule has 0 radical (unpaired) electrons. The lowest BCUT2D eigenvalue weighted by Gasteiger charge is -2.36. The lowest BCUT2D eigenvalue weighted by Crippen LogP contribution is -2.38. The maximum atomic E-state index is 13.2. The van der Waals surface area contributed by atoms with Crippen molar-refractivity contribution in [2.24, 2.45) is 17.3 Å². The Hall–Kier alpha value is -2.62. The number of nitrogens with zero attached hydrogens (tertiary/aromatic N) is 1. The summed E-state index contributed by atoms with van der Waals surface area (Å²) in [6.07, 6.45) is 4.95. The molecule has 4 heteroatoms. The van der Waals surface area contributed by atoms with Crippen LogP contribution < -0.4 is 5.32 Å². The number of hydrogen-bond acceptors (Lipinski definition) is 2. The van der Waals surface area contributed by atoms with Gasteiger partial charge in [0.2, 0.25) is 5.91 Å². The number of carbonyl (C=O) groups is 1. The highest BCUT2D eigenvalue weighted by atomic mass is 16.1. The first kappa shape index (κ1) is 20.6. The van der Waals surface area contributed by atoms with Gasteiger partial charge in [0, 0.05) is 5.92 Å². The number of aromatic nitrogens is 2. The fraction of sp³-hybridized carbons (Fsp3) is 0.462. The van der Waals surface area contributed by atoms with Crippen LogP contribution in [0.3, 0.4) is 0 Å². The molecule has 158 valence electrons. The third kappa shape index (κ3) is 4.75. The van der Waals surface area contributed by atoms with E-state index in [-0.39, 0.29) is 17.9 Å². The van der Waals surface area contributed by atoms with Crippen LogP contribution in [0.2, 0.25) is 0 Å². The molecule has 0 unspecified atom stereocenters. The molecule has 1 aliphatic rings. The van der Waals surface area contributed by atoms with E-state index >= 15 is 0 Å². The smallest absolute Gasteiger partial charge is 0.223 e. The van der Waals surface area contributed by atoms with Crippen LogP contribution in [0.25, 0.3) is 11.0 Å². The summed E-state index contributed by atoms with van der Waals surface area (Å²) in [5.41, 5.74) is 3.46. The van der Waals surface area contributed by atoms with Crippen LogP contribution in [0.4, 0.5) is 0 Å². The van der Waals surface area contributed by atoms with Gasteiger partial charge in [0.15, 0.2) is 0 Å². The van der Waals surface area contributed by atoms with Crippen LogP contribution in [-0.2, 0) is 11.2 Å². The number of fused-ring (bicyclic) bond motifs is 1. The third-order valence-electron chi connectivity index (χ3n) is 6.66. The molecule has 0 saturated heterocycles. The minimum Gasteiger partial charge on any atom is -0.346 e. The van der Waals surface area contributed by atoms with E-state index in [9.17, 15) is 4.79 Å². The Labute approximate surface area is 179 Å². The van der Waals surface area contributed by atoms with Crippen LogP contribution in [-0.4, -0.2) is 15.9 Å². The topological polar surface area (TPSA) is 57.8 Å². The van der Waals surface area contributed by atoms with Crippen LogP contribution in [0, 0.1) is 17.3 Å². The number of carbonyl (C=O) groups excluding carboxylic acids is 1. The standard InChI is InChI=1S/C26H33N3O/c1-26(2,3)20-15-13-19(14-16-20)25(30)29-23(17-18-9-5-4-6-10-18)24-27-21-11-7-8-12-22(21)28-24/h4-12,19-20,23H,13-17H2,1-3H3,(H,27,28)(H,29,30)/t19?,20?,23-/m0/s1. The predicted molar refractivity (Wildman–Crippen MR) is 122 cm³/mol. The summed E-state index contributed by atoms with van der Waals surface area (Å²) in [4.78, 5) is 21.4. The van der Waals surface area contributed by atoms with E-state index in [0.29, 0.717) is 11.3 Å². The van der Waals surface area contributed by atoms with E-state index in [4.69, 9.17) is 4.98 Å². The number of rotatable bonds is 5. The van der Waals surface area contributed by atoms with Gasteiger partial charge in [0.05, 0.1) is 17.1 Å². The number of imidazole rings is 1. The van der Waals surface area contributed by atoms with Gasteiger partial charge in [-0.05, 0) is 61.1 Å². The molecule has 1 atom stereocenters. The number of aromatic amines is 1. The Balaban J connectivity index is 1.50. The molecular weight excluding hydrogens is 370 g/mol. The largest absolute Gasteiger partial charge is 0.346 e. The van der Waals surface area contributed by atoms with Gasteiger partial charge in [-0.2, -0.15) is 0 Å². The van der Waals surface area contributed by atoms with Crippen LogP contribution in [0.1, 0.15) is 63.9 Å². The van der Waals surface area contributed by atoms with Crippen molar-refractivity contribution in [2.45, 2.75) is 58.9 Å². The molecule has 1 aromatic heterocycles. The van der Waals surface area contributed by atoms with Gasteiger partial charge in [-0.3, -0.25) is 4.79 Å². The average molecular weight is 404 g/mol. The number of para-hydroxylation sites is 2. The normalized spacial score (nSPS) is 20.8. The summed E-state index contributed by atoms with van der Waals surface area (Å²) < 4.78 is 0. The van der Waals surface area contributed by atoms with Crippen molar-refractivity contribution in [1.29, 1.82) is 0 Å². The van der Waals surface area contributed by atoms with E-state index in [1.54, 1.807) is 0 Å². The van der Waals surface area contributed by atoms with Gasteiger partial charge in [-0.25, -0.2) is 4.98 Å². The summed E-state index contributed by atoms with van der Waals surface area (Å²) in [6.45, 7) is 6.95. The quantitative estimate of drug-likeness (QED) is 0.564. The van der Waals surface area contributed by atoms with Gasteiger partial charge in [-0.1, -0.05) is 63.2 Å². The van der Waals surface area contributed by atoms with Crippen LogP contribution in [0.5, 0.6) is 0 Å². The first-order chi connectivity index (χ1) is 14.4. The fourth-order valence-corrected chi connectivity index (χ4v) is 4.71. The van der Waals surface area contributed by atoms with Crippen molar-refractivity contribution in [3.8, 4) is 0 Å². The van der Waals surface area contributed by atoms with Crippen molar-refractivity contribution in [3.63, 3.8) is 0 Å². The van der Waals surface area contributed by atoms with E-state index in [2.05, 4.69) is 43.2 Å². The average Bonchev–Trinajstić information content (AvgIpc) is 3.18. The predicted octanol–water partition coefficient (Wildman–Crippen LogP) is 5.82. The summed E-state index contributed by atoms with van der Waals surface area (Å²) >= 11 is 0. The lowest BCUT2D eigenvalue weighted by atomic mass is 9.69. The highest BCUT2D eigenvalue weighted by molar-refractivity contribution is 5.79. The molecule has 1 amide bonds. The third-order valence-corrected chi connectivity index (χ3v) is 6.66. The Bertz CT molecular complexity index is 945. The highest BCUT2D eigenvalue weighted by Gasteiger charge is 2.33. The summed E-state index contributed by atoms with van der Waals surface area (Å²) in [5.74, 6) is 1.81. The minimum absolute atomic E-state index is 0.103. The van der Waals surface area contributed by atoms with Gasteiger partial charge in [0.25, 0.3) is 0 Å². The van der Waals surface area contributed by atoms with Gasteiger partial charge < -0.3 is 10.3 Å². The Morgan fingerprint density at radius 2 is 1.70 bits per heavy atom.